The van der Waals surface area contributed by atoms with Crippen molar-refractivity contribution >= 4 is 17.4 Å². The van der Waals surface area contributed by atoms with Crippen molar-refractivity contribution in [1.82, 2.24) is 9.97 Å². The number of aromatic nitrogens is 2. The lowest BCUT2D eigenvalue weighted by Gasteiger charge is -2.22. The predicted molar refractivity (Wildman–Crippen MR) is 80.0 cm³/mol. The predicted octanol–water partition coefficient (Wildman–Crippen LogP) is 3.72. The van der Waals surface area contributed by atoms with Gasteiger partial charge < -0.3 is 10.1 Å². The zero-order chi connectivity index (χ0) is 14.3. The van der Waals surface area contributed by atoms with Crippen LogP contribution in [0.15, 0.2) is 12.4 Å². The molecule has 108 valence electrons. The van der Waals surface area contributed by atoms with Crippen LogP contribution in [0, 0.1) is 5.41 Å². The second-order valence-electron chi connectivity index (χ2n) is 5.83. The van der Waals surface area contributed by atoms with Crippen molar-refractivity contribution in [2.45, 2.75) is 45.9 Å². The lowest BCUT2D eigenvalue weighted by atomic mass is 9.90. The second-order valence-corrected chi connectivity index (χ2v) is 6.45. The van der Waals surface area contributed by atoms with E-state index in [1.807, 2.05) is 0 Å². The van der Waals surface area contributed by atoms with Crippen molar-refractivity contribution in [3.63, 3.8) is 0 Å². The molecule has 0 aliphatic carbocycles. The quantitative estimate of drug-likeness (QED) is 0.776. The summed E-state index contributed by atoms with van der Waals surface area (Å²) >= 11 is 6.30. The maximum absolute atomic E-state index is 6.30. The van der Waals surface area contributed by atoms with Gasteiger partial charge >= 0.3 is 0 Å². The van der Waals surface area contributed by atoms with Crippen molar-refractivity contribution in [3.8, 4) is 5.88 Å². The van der Waals surface area contributed by atoms with E-state index in [0.717, 1.165) is 12.8 Å². The van der Waals surface area contributed by atoms with Crippen LogP contribution in [0.5, 0.6) is 5.88 Å². The van der Waals surface area contributed by atoms with E-state index in [9.17, 15) is 0 Å². The first kappa shape index (κ1) is 16.0. The molecule has 1 N–H and O–H groups in total. The number of halogens is 1. The highest BCUT2D eigenvalue weighted by Crippen LogP contribution is 2.23. The molecule has 0 amide bonds. The van der Waals surface area contributed by atoms with Crippen LogP contribution in [0.3, 0.4) is 0 Å². The highest BCUT2D eigenvalue weighted by atomic mass is 35.5. The van der Waals surface area contributed by atoms with Crippen LogP contribution in [-0.4, -0.2) is 28.5 Å². The van der Waals surface area contributed by atoms with Crippen LogP contribution in [-0.2, 0) is 0 Å². The molecule has 4 nitrogen and oxygen atoms in total. The summed E-state index contributed by atoms with van der Waals surface area (Å²) in [6.45, 7) is 9.93. The highest BCUT2D eigenvalue weighted by molar-refractivity contribution is 6.20. The third-order valence-electron chi connectivity index (χ3n) is 2.41. The van der Waals surface area contributed by atoms with E-state index in [1.54, 1.807) is 12.4 Å². The molecular formula is C14H24ClN3O. The van der Waals surface area contributed by atoms with Gasteiger partial charge in [0.05, 0.1) is 24.4 Å². The third kappa shape index (κ3) is 7.21. The van der Waals surface area contributed by atoms with Crippen LogP contribution in [0.25, 0.3) is 0 Å². The molecule has 1 rings (SSSR count). The van der Waals surface area contributed by atoms with Gasteiger partial charge in [0, 0.05) is 6.54 Å². The summed E-state index contributed by atoms with van der Waals surface area (Å²) in [6.07, 6.45) is 5.20. The largest absolute Gasteiger partial charge is 0.477 e. The van der Waals surface area contributed by atoms with Gasteiger partial charge in [0.2, 0.25) is 5.88 Å². The average Bonchev–Trinajstić information content (AvgIpc) is 2.32. The molecule has 1 unspecified atom stereocenters. The summed E-state index contributed by atoms with van der Waals surface area (Å²) in [5, 5.41) is 3.27. The molecule has 0 aliphatic rings. The van der Waals surface area contributed by atoms with Crippen molar-refractivity contribution in [3.05, 3.63) is 12.4 Å². The van der Waals surface area contributed by atoms with Gasteiger partial charge in [0.25, 0.3) is 0 Å². The molecule has 0 saturated heterocycles. The van der Waals surface area contributed by atoms with E-state index >= 15 is 0 Å². The smallest absolute Gasteiger partial charge is 0.234 e. The molecule has 1 aromatic heterocycles. The summed E-state index contributed by atoms with van der Waals surface area (Å²) in [5.41, 5.74) is 0.228. The van der Waals surface area contributed by atoms with E-state index in [-0.39, 0.29) is 10.8 Å². The normalized spacial score (nSPS) is 13.1. The number of hydrogen-bond donors (Lipinski definition) is 1. The summed E-state index contributed by atoms with van der Waals surface area (Å²) in [6, 6.07) is 0. The Morgan fingerprint density at radius 1 is 1.37 bits per heavy atom. The molecule has 0 saturated carbocycles. The van der Waals surface area contributed by atoms with E-state index < -0.39 is 0 Å². The Kier molecular flexibility index (Phi) is 6.35. The monoisotopic (exact) mass is 285 g/mol. The first-order valence-corrected chi connectivity index (χ1v) is 7.17. The number of hydrogen-bond acceptors (Lipinski definition) is 4. The molecule has 0 bridgehead atoms. The maximum Gasteiger partial charge on any atom is 0.234 e. The van der Waals surface area contributed by atoms with Gasteiger partial charge in [-0.15, -0.1) is 11.6 Å². The Morgan fingerprint density at radius 2 is 2.11 bits per heavy atom. The van der Waals surface area contributed by atoms with Crippen molar-refractivity contribution in [2.24, 2.45) is 5.41 Å². The molecule has 0 radical (unpaired) electrons. The Morgan fingerprint density at radius 3 is 2.74 bits per heavy atom. The molecule has 19 heavy (non-hydrogen) atoms. The average molecular weight is 286 g/mol. The Hall–Kier alpha value is -1.03. The van der Waals surface area contributed by atoms with Gasteiger partial charge in [0.15, 0.2) is 0 Å². The first-order valence-electron chi connectivity index (χ1n) is 6.73. The molecule has 0 aliphatic heterocycles. The Balaban J connectivity index is 2.44. The van der Waals surface area contributed by atoms with Crippen LogP contribution in [0.1, 0.15) is 40.5 Å². The minimum Gasteiger partial charge on any atom is -0.477 e. The molecule has 1 heterocycles. The van der Waals surface area contributed by atoms with Gasteiger partial charge in [-0.25, -0.2) is 0 Å². The Labute approximate surface area is 120 Å². The fraction of sp³-hybridized carbons (Fsp3) is 0.714. The zero-order valence-electron chi connectivity index (χ0n) is 12.2. The van der Waals surface area contributed by atoms with Crippen molar-refractivity contribution < 1.29 is 4.74 Å². The number of rotatable bonds is 7. The topological polar surface area (TPSA) is 47.0 Å². The Bertz CT molecular complexity index is 379. The van der Waals surface area contributed by atoms with Crippen molar-refractivity contribution in [2.75, 3.05) is 18.5 Å². The molecule has 1 aromatic rings. The van der Waals surface area contributed by atoms with E-state index in [2.05, 4.69) is 43.0 Å². The van der Waals surface area contributed by atoms with E-state index in [0.29, 0.717) is 24.8 Å². The van der Waals surface area contributed by atoms with Gasteiger partial charge in [-0.1, -0.05) is 27.7 Å². The van der Waals surface area contributed by atoms with Gasteiger partial charge in [-0.3, -0.25) is 4.98 Å². The standard InChI is InChI=1S/C14H24ClN3O/c1-5-6-19-13-10-16-9-12(18-13)17-8-11(15)7-14(2,3)4/h9-11H,5-8H2,1-4H3,(H,17,18). The van der Waals surface area contributed by atoms with Gasteiger partial charge in [0.1, 0.15) is 5.82 Å². The number of alkyl halides is 1. The molecule has 0 aromatic carbocycles. The summed E-state index contributed by atoms with van der Waals surface area (Å²) in [7, 11) is 0. The van der Waals surface area contributed by atoms with Crippen molar-refractivity contribution in [1.29, 1.82) is 0 Å². The number of nitrogens with one attached hydrogen (secondary N) is 1. The first-order chi connectivity index (χ1) is 8.90. The fourth-order valence-electron chi connectivity index (χ4n) is 1.66. The van der Waals surface area contributed by atoms with E-state index in [1.165, 1.54) is 0 Å². The third-order valence-corrected chi connectivity index (χ3v) is 2.71. The van der Waals surface area contributed by atoms with Gasteiger partial charge in [-0.2, -0.15) is 4.98 Å². The molecule has 1 atom stereocenters. The lowest BCUT2D eigenvalue weighted by molar-refractivity contribution is 0.304. The summed E-state index contributed by atoms with van der Waals surface area (Å²) in [5.74, 6) is 1.25. The van der Waals surface area contributed by atoms with Crippen LogP contribution in [0.4, 0.5) is 5.82 Å². The SMILES string of the molecule is CCCOc1cncc(NCC(Cl)CC(C)(C)C)n1. The molecule has 5 heteroatoms. The second kappa shape index (κ2) is 7.53. The fourth-order valence-corrected chi connectivity index (χ4v) is 2.20. The van der Waals surface area contributed by atoms with Crippen LogP contribution < -0.4 is 10.1 Å². The lowest BCUT2D eigenvalue weighted by Crippen LogP contribution is -2.21. The van der Waals surface area contributed by atoms with E-state index in [4.69, 9.17) is 16.3 Å². The highest BCUT2D eigenvalue weighted by Gasteiger charge is 2.16. The molecular weight excluding hydrogens is 262 g/mol. The molecule has 0 spiro atoms. The molecule has 0 fully saturated rings. The maximum atomic E-state index is 6.30. The number of ether oxygens (including phenoxy) is 1. The zero-order valence-corrected chi connectivity index (χ0v) is 13.0. The number of anilines is 1. The summed E-state index contributed by atoms with van der Waals surface area (Å²) < 4.78 is 5.44. The summed E-state index contributed by atoms with van der Waals surface area (Å²) in [4.78, 5) is 8.42. The van der Waals surface area contributed by atoms with Crippen LogP contribution in [0.2, 0.25) is 0 Å². The minimum absolute atomic E-state index is 0.0713. The van der Waals surface area contributed by atoms with Gasteiger partial charge in [-0.05, 0) is 18.3 Å². The minimum atomic E-state index is 0.0713. The van der Waals surface area contributed by atoms with Crippen LogP contribution >= 0.6 is 11.6 Å². The number of nitrogens with zero attached hydrogens (tertiary/aromatic N) is 2.